The van der Waals surface area contributed by atoms with Crippen LogP contribution in [0.5, 0.6) is 0 Å². The minimum absolute atomic E-state index is 0.0587. The maximum absolute atomic E-state index is 15.0. The molecule has 272 valence electrons. The van der Waals surface area contributed by atoms with E-state index in [2.05, 4.69) is 0 Å². The fourth-order valence-electron chi connectivity index (χ4n) is 10.3. The van der Waals surface area contributed by atoms with E-state index < -0.39 is 23.5 Å². The molecule has 4 fully saturated rings. The van der Waals surface area contributed by atoms with Crippen LogP contribution in [-0.2, 0) is 17.8 Å². The molecular formula is C47H37F6N. The Kier molecular flexibility index (Phi) is 8.33. The largest absolute Gasteiger partial charge is 0.417 e. The third kappa shape index (κ3) is 6.21. The summed E-state index contributed by atoms with van der Waals surface area (Å²) in [7, 11) is 0. The van der Waals surface area contributed by atoms with Crippen molar-refractivity contribution in [3.8, 4) is 55.9 Å². The van der Waals surface area contributed by atoms with Gasteiger partial charge in [-0.05, 0) is 137 Å². The highest BCUT2D eigenvalue weighted by molar-refractivity contribution is 5.98. The van der Waals surface area contributed by atoms with Crippen LogP contribution in [-0.4, -0.2) is 4.98 Å². The van der Waals surface area contributed by atoms with Gasteiger partial charge in [-0.1, -0.05) is 97.1 Å². The molecule has 4 aliphatic carbocycles. The van der Waals surface area contributed by atoms with Crippen LogP contribution in [0.15, 0.2) is 133 Å². The Morgan fingerprint density at radius 1 is 0.444 bits per heavy atom. The molecule has 4 saturated carbocycles. The minimum Gasteiger partial charge on any atom is -0.248 e. The summed E-state index contributed by atoms with van der Waals surface area (Å²) in [6.07, 6.45) is -3.31. The number of hydrogen-bond acceptors (Lipinski definition) is 1. The van der Waals surface area contributed by atoms with Gasteiger partial charge in [0.25, 0.3) is 0 Å². The zero-order valence-corrected chi connectivity index (χ0v) is 29.4. The highest BCUT2D eigenvalue weighted by Gasteiger charge is 2.52. The van der Waals surface area contributed by atoms with Gasteiger partial charge in [0.15, 0.2) is 0 Å². The average molecular weight is 730 g/mol. The summed E-state index contributed by atoms with van der Waals surface area (Å²) in [6, 6.07) is 37.2. The lowest BCUT2D eigenvalue weighted by Crippen LogP contribution is -2.48. The highest BCUT2D eigenvalue weighted by atomic mass is 19.4. The average Bonchev–Trinajstić information content (AvgIpc) is 3.17. The van der Waals surface area contributed by atoms with Gasteiger partial charge in [-0.25, -0.2) is 4.98 Å². The number of alkyl halides is 6. The molecule has 0 unspecified atom stereocenters. The van der Waals surface area contributed by atoms with Crippen LogP contribution in [0, 0.1) is 17.8 Å². The summed E-state index contributed by atoms with van der Waals surface area (Å²) < 4.78 is 90.2. The summed E-state index contributed by atoms with van der Waals surface area (Å²) in [5, 5.41) is 0. The molecule has 6 aromatic rings. The third-order valence-corrected chi connectivity index (χ3v) is 12.1. The van der Waals surface area contributed by atoms with Gasteiger partial charge in [-0.15, -0.1) is 0 Å². The first kappa shape index (κ1) is 34.6. The van der Waals surface area contributed by atoms with E-state index >= 15 is 26.3 Å². The quantitative estimate of drug-likeness (QED) is 0.156. The van der Waals surface area contributed by atoms with E-state index in [1.54, 1.807) is 24.3 Å². The predicted molar refractivity (Wildman–Crippen MR) is 201 cm³/mol. The van der Waals surface area contributed by atoms with Gasteiger partial charge in [0.2, 0.25) is 0 Å². The summed E-state index contributed by atoms with van der Waals surface area (Å²) in [5.74, 6) is 1.53. The molecular weight excluding hydrogens is 693 g/mol. The second-order valence-corrected chi connectivity index (χ2v) is 15.6. The van der Waals surface area contributed by atoms with Crippen LogP contribution in [0.1, 0.15) is 55.2 Å². The molecule has 5 aromatic carbocycles. The Hall–Kier alpha value is -5.17. The number of pyridine rings is 1. The summed E-state index contributed by atoms with van der Waals surface area (Å²) >= 11 is 0. The van der Waals surface area contributed by atoms with Crippen LogP contribution in [0.3, 0.4) is 0 Å². The fourth-order valence-corrected chi connectivity index (χ4v) is 10.3. The van der Waals surface area contributed by atoms with Gasteiger partial charge >= 0.3 is 12.4 Å². The lowest BCUT2D eigenvalue weighted by Gasteiger charge is -2.57. The standard InChI is InChI=1S/C47H37F6N/c48-46(49,50)40-17-9-7-15-36(40)38-24-35(45-26-29-19-30(27-45)21-31(20-29)28-45)25-39(37-16-8-10-18-41(37)47(51,52)53)44(38)34-22-42(32-11-3-1-4-12-32)54-43(23-34)33-13-5-2-6-14-33/h1-18,22-25,29-31H,19-21,26-28H2. The molecule has 7 heteroatoms. The molecule has 0 atom stereocenters. The molecule has 0 saturated heterocycles. The van der Waals surface area contributed by atoms with Crippen LogP contribution in [0.4, 0.5) is 26.3 Å². The topological polar surface area (TPSA) is 12.9 Å². The van der Waals surface area contributed by atoms with E-state index in [4.69, 9.17) is 4.98 Å². The monoisotopic (exact) mass is 729 g/mol. The highest BCUT2D eigenvalue weighted by Crippen LogP contribution is 2.62. The third-order valence-electron chi connectivity index (χ3n) is 12.1. The van der Waals surface area contributed by atoms with Crippen molar-refractivity contribution in [1.82, 2.24) is 4.98 Å². The second kappa shape index (κ2) is 13.0. The lowest BCUT2D eigenvalue weighted by atomic mass is 9.48. The predicted octanol–water partition coefficient (Wildman–Crippen LogP) is 13.9. The van der Waals surface area contributed by atoms with Gasteiger partial charge in [0, 0.05) is 11.1 Å². The van der Waals surface area contributed by atoms with Crippen molar-refractivity contribution >= 4 is 0 Å². The molecule has 1 nitrogen and oxygen atoms in total. The summed E-state index contributed by atoms with van der Waals surface area (Å²) in [6.45, 7) is 0. The first-order chi connectivity index (χ1) is 25.9. The molecule has 0 amide bonds. The number of rotatable bonds is 6. The van der Waals surface area contributed by atoms with E-state index in [1.165, 1.54) is 24.3 Å². The van der Waals surface area contributed by atoms with Crippen LogP contribution in [0.2, 0.25) is 0 Å². The van der Waals surface area contributed by atoms with Crippen molar-refractivity contribution in [2.24, 2.45) is 17.8 Å². The Morgan fingerprint density at radius 2 is 0.833 bits per heavy atom. The first-order valence-corrected chi connectivity index (χ1v) is 18.6. The SMILES string of the molecule is FC(F)(F)c1ccccc1-c1cc(C23CC4CC(CC(C4)C2)C3)cc(-c2ccccc2C(F)(F)F)c1-c1cc(-c2ccccc2)nc(-c2ccccc2)c1. The van der Waals surface area contributed by atoms with Crippen molar-refractivity contribution < 1.29 is 26.3 Å². The number of benzene rings is 5. The lowest BCUT2D eigenvalue weighted by molar-refractivity contribution is -0.137. The minimum atomic E-state index is -4.71. The molecule has 0 N–H and O–H groups in total. The van der Waals surface area contributed by atoms with E-state index in [1.807, 2.05) is 72.8 Å². The fraction of sp³-hybridized carbons (Fsp3) is 0.255. The zero-order valence-electron chi connectivity index (χ0n) is 29.4. The normalized spacial score (nSPS) is 22.1. The maximum Gasteiger partial charge on any atom is 0.417 e. The van der Waals surface area contributed by atoms with Gasteiger partial charge < -0.3 is 0 Å². The van der Waals surface area contributed by atoms with E-state index in [9.17, 15) is 0 Å². The smallest absolute Gasteiger partial charge is 0.248 e. The first-order valence-electron chi connectivity index (χ1n) is 18.6. The van der Waals surface area contributed by atoms with Crippen molar-refractivity contribution in [3.05, 3.63) is 150 Å². The Balaban J connectivity index is 1.42. The van der Waals surface area contributed by atoms with Gasteiger partial charge in [0.05, 0.1) is 22.5 Å². The van der Waals surface area contributed by atoms with E-state index in [-0.39, 0.29) is 27.7 Å². The molecule has 1 heterocycles. The number of hydrogen-bond donors (Lipinski definition) is 0. The number of aromatic nitrogens is 1. The van der Waals surface area contributed by atoms with Crippen LogP contribution in [0.25, 0.3) is 55.9 Å². The molecule has 10 rings (SSSR count). The van der Waals surface area contributed by atoms with Crippen LogP contribution < -0.4 is 0 Å². The molecule has 1 aromatic heterocycles. The van der Waals surface area contributed by atoms with E-state index in [0.717, 1.165) is 67.3 Å². The molecule has 0 aliphatic heterocycles. The van der Waals surface area contributed by atoms with Gasteiger partial charge in [-0.3, -0.25) is 0 Å². The molecule has 54 heavy (non-hydrogen) atoms. The van der Waals surface area contributed by atoms with Crippen LogP contribution >= 0.6 is 0 Å². The Bertz CT molecular complexity index is 2170. The number of halogens is 6. The van der Waals surface area contributed by atoms with Gasteiger partial charge in [-0.2, -0.15) is 26.3 Å². The molecule has 0 spiro atoms. The van der Waals surface area contributed by atoms with Crippen molar-refractivity contribution in [3.63, 3.8) is 0 Å². The molecule has 0 radical (unpaired) electrons. The second-order valence-electron chi connectivity index (χ2n) is 15.6. The molecule has 4 aliphatic rings. The van der Waals surface area contributed by atoms with E-state index in [0.29, 0.717) is 40.3 Å². The molecule has 4 bridgehead atoms. The van der Waals surface area contributed by atoms with Crippen molar-refractivity contribution in [2.45, 2.75) is 56.3 Å². The Labute approximate surface area is 310 Å². The Morgan fingerprint density at radius 3 is 1.24 bits per heavy atom. The van der Waals surface area contributed by atoms with Crippen molar-refractivity contribution in [1.29, 1.82) is 0 Å². The van der Waals surface area contributed by atoms with Crippen molar-refractivity contribution in [2.75, 3.05) is 0 Å². The summed E-state index contributed by atoms with van der Waals surface area (Å²) in [5.41, 5.74) is 2.75. The maximum atomic E-state index is 15.0. The zero-order chi connectivity index (χ0) is 37.2. The van der Waals surface area contributed by atoms with Gasteiger partial charge in [0.1, 0.15) is 0 Å². The number of nitrogens with zero attached hydrogens (tertiary/aromatic N) is 1. The summed E-state index contributed by atoms with van der Waals surface area (Å²) in [4.78, 5) is 5.00.